The highest BCUT2D eigenvalue weighted by Crippen LogP contribution is 2.34. The van der Waals surface area contributed by atoms with E-state index < -0.39 is 0 Å². The molecule has 0 radical (unpaired) electrons. The van der Waals surface area contributed by atoms with Gasteiger partial charge in [-0.15, -0.1) is 11.8 Å². The van der Waals surface area contributed by atoms with Crippen molar-refractivity contribution in [2.24, 2.45) is 0 Å². The topological polar surface area (TPSA) is 42.0 Å². The molecule has 4 rings (SSSR count). The fourth-order valence-corrected chi connectivity index (χ4v) is 4.17. The van der Waals surface area contributed by atoms with Crippen LogP contribution in [0, 0.1) is 0 Å². The van der Waals surface area contributed by atoms with Gasteiger partial charge in [0.05, 0.1) is 5.75 Å². The molecule has 142 valence electrons. The number of carbonyl (C=O) groups is 1. The highest BCUT2D eigenvalue weighted by Gasteiger charge is 2.21. The molecule has 1 amide bonds. The summed E-state index contributed by atoms with van der Waals surface area (Å²) in [5, 5.41) is 0. The van der Waals surface area contributed by atoms with E-state index in [2.05, 4.69) is 29.2 Å². The molecule has 0 atom stereocenters. The molecular weight excluding hydrogens is 360 g/mol. The molecule has 5 nitrogen and oxygen atoms in total. The molecule has 6 heteroatoms. The zero-order valence-corrected chi connectivity index (χ0v) is 16.1. The molecule has 1 fully saturated rings. The molecule has 0 spiro atoms. The molecule has 0 aromatic heterocycles. The first-order valence-electron chi connectivity index (χ1n) is 9.34. The minimum absolute atomic E-state index is 0.203. The van der Waals surface area contributed by atoms with Crippen LogP contribution in [-0.4, -0.2) is 60.9 Å². The lowest BCUT2D eigenvalue weighted by atomic mass is 10.2. The monoisotopic (exact) mass is 384 g/mol. The number of thioether (sulfide) groups is 1. The van der Waals surface area contributed by atoms with E-state index in [0.717, 1.165) is 49.1 Å². The van der Waals surface area contributed by atoms with Crippen LogP contribution >= 0.6 is 11.8 Å². The smallest absolute Gasteiger partial charge is 0.233 e. The second-order valence-corrected chi connectivity index (χ2v) is 7.79. The maximum absolute atomic E-state index is 12.6. The normalized spacial score (nSPS) is 17.0. The van der Waals surface area contributed by atoms with E-state index in [9.17, 15) is 4.79 Å². The van der Waals surface area contributed by atoms with Crippen molar-refractivity contribution in [3.05, 3.63) is 54.1 Å². The Morgan fingerprint density at radius 2 is 1.67 bits per heavy atom. The van der Waals surface area contributed by atoms with Crippen molar-refractivity contribution in [3.8, 4) is 11.5 Å². The third-order valence-corrected chi connectivity index (χ3v) is 5.83. The Morgan fingerprint density at radius 3 is 2.44 bits per heavy atom. The van der Waals surface area contributed by atoms with Crippen LogP contribution in [-0.2, 0) is 11.3 Å². The van der Waals surface area contributed by atoms with E-state index in [-0.39, 0.29) is 5.91 Å². The predicted molar refractivity (Wildman–Crippen MR) is 106 cm³/mol. The molecule has 2 aliphatic rings. The largest absolute Gasteiger partial charge is 0.486 e. The van der Waals surface area contributed by atoms with Gasteiger partial charge in [0.15, 0.2) is 11.5 Å². The molecular formula is C21H24N2O3S. The third kappa shape index (κ3) is 4.76. The fraction of sp³-hybridized carbons (Fsp3) is 0.381. The summed E-state index contributed by atoms with van der Waals surface area (Å²) in [4.78, 5) is 18.0. The number of fused-ring (bicyclic) bond motifs is 1. The van der Waals surface area contributed by atoms with Crippen LogP contribution in [0.5, 0.6) is 11.5 Å². The summed E-state index contributed by atoms with van der Waals surface area (Å²) in [6.07, 6.45) is 0. The van der Waals surface area contributed by atoms with Gasteiger partial charge >= 0.3 is 0 Å². The van der Waals surface area contributed by atoms with Crippen LogP contribution in [0.3, 0.4) is 0 Å². The van der Waals surface area contributed by atoms with Gasteiger partial charge in [-0.25, -0.2) is 0 Å². The molecule has 0 unspecified atom stereocenters. The molecule has 2 aromatic carbocycles. The summed E-state index contributed by atoms with van der Waals surface area (Å²) in [5.74, 6) is 2.21. The van der Waals surface area contributed by atoms with Gasteiger partial charge in [0.2, 0.25) is 5.91 Å². The van der Waals surface area contributed by atoms with Crippen molar-refractivity contribution < 1.29 is 14.3 Å². The van der Waals surface area contributed by atoms with Gasteiger partial charge < -0.3 is 14.4 Å². The molecule has 27 heavy (non-hydrogen) atoms. The molecule has 0 saturated carbocycles. The summed E-state index contributed by atoms with van der Waals surface area (Å²) in [6.45, 7) is 5.57. The summed E-state index contributed by atoms with van der Waals surface area (Å²) in [7, 11) is 0. The van der Waals surface area contributed by atoms with Crippen molar-refractivity contribution in [2.45, 2.75) is 11.4 Å². The molecule has 0 N–H and O–H groups in total. The Bertz CT molecular complexity index is 776. The van der Waals surface area contributed by atoms with Gasteiger partial charge in [-0.2, -0.15) is 0 Å². The SMILES string of the molecule is O=C(CSc1ccc2c(c1)OCCO2)N1CCN(Cc2ccccc2)CC1. The molecule has 2 heterocycles. The molecule has 1 saturated heterocycles. The average molecular weight is 385 g/mol. The lowest BCUT2D eigenvalue weighted by Crippen LogP contribution is -2.48. The summed E-state index contributed by atoms with van der Waals surface area (Å²) in [5.41, 5.74) is 1.33. The number of carbonyl (C=O) groups excluding carboxylic acids is 1. The molecule has 0 bridgehead atoms. The number of ether oxygens (including phenoxy) is 2. The summed E-state index contributed by atoms with van der Waals surface area (Å²) in [6, 6.07) is 16.4. The van der Waals surface area contributed by atoms with Gasteiger partial charge in [0.1, 0.15) is 13.2 Å². The van der Waals surface area contributed by atoms with Gasteiger partial charge in [-0.3, -0.25) is 9.69 Å². The number of hydrogen-bond donors (Lipinski definition) is 0. The van der Waals surface area contributed by atoms with Gasteiger partial charge in [-0.1, -0.05) is 30.3 Å². The Kier molecular flexibility index (Phi) is 5.84. The highest BCUT2D eigenvalue weighted by atomic mass is 32.2. The van der Waals surface area contributed by atoms with Crippen LogP contribution in [0.15, 0.2) is 53.4 Å². The van der Waals surface area contributed by atoms with Crippen LogP contribution < -0.4 is 9.47 Å². The number of amides is 1. The average Bonchev–Trinajstić information content (AvgIpc) is 2.73. The van der Waals surface area contributed by atoms with E-state index in [1.807, 2.05) is 29.2 Å². The van der Waals surface area contributed by atoms with Crippen molar-refractivity contribution in [2.75, 3.05) is 45.1 Å². The van der Waals surface area contributed by atoms with Gasteiger partial charge in [0.25, 0.3) is 0 Å². The van der Waals surface area contributed by atoms with E-state index in [4.69, 9.17) is 9.47 Å². The van der Waals surface area contributed by atoms with E-state index >= 15 is 0 Å². The van der Waals surface area contributed by atoms with Crippen molar-refractivity contribution in [3.63, 3.8) is 0 Å². The first kappa shape index (κ1) is 18.2. The van der Waals surface area contributed by atoms with Crippen LogP contribution in [0.4, 0.5) is 0 Å². The number of hydrogen-bond acceptors (Lipinski definition) is 5. The van der Waals surface area contributed by atoms with Gasteiger partial charge in [-0.05, 0) is 23.8 Å². The van der Waals surface area contributed by atoms with E-state index in [1.165, 1.54) is 5.56 Å². The van der Waals surface area contributed by atoms with Crippen LogP contribution in [0.25, 0.3) is 0 Å². The fourth-order valence-electron chi connectivity index (χ4n) is 3.35. The Hall–Kier alpha value is -2.18. The number of piperazine rings is 1. The van der Waals surface area contributed by atoms with Crippen molar-refractivity contribution in [1.82, 2.24) is 9.80 Å². The first-order valence-corrected chi connectivity index (χ1v) is 10.3. The predicted octanol–water partition coefficient (Wildman–Crippen LogP) is 2.89. The number of rotatable bonds is 5. The molecule has 2 aromatic rings. The Balaban J connectivity index is 1.24. The number of nitrogens with zero attached hydrogens (tertiary/aromatic N) is 2. The Labute approximate surface area is 164 Å². The van der Waals surface area contributed by atoms with E-state index in [1.54, 1.807) is 11.8 Å². The van der Waals surface area contributed by atoms with E-state index in [0.29, 0.717) is 19.0 Å². The second-order valence-electron chi connectivity index (χ2n) is 6.74. The minimum atomic E-state index is 0.203. The molecule has 0 aliphatic carbocycles. The minimum Gasteiger partial charge on any atom is -0.486 e. The second kappa shape index (κ2) is 8.67. The summed E-state index contributed by atoms with van der Waals surface area (Å²) >= 11 is 1.56. The quantitative estimate of drug-likeness (QED) is 0.742. The number of benzene rings is 2. The Morgan fingerprint density at radius 1 is 0.926 bits per heavy atom. The first-order chi connectivity index (χ1) is 13.3. The zero-order valence-electron chi connectivity index (χ0n) is 15.3. The standard InChI is InChI=1S/C21H24N2O3S/c24-21(16-27-18-6-7-19-20(14-18)26-13-12-25-19)23-10-8-22(9-11-23)15-17-4-2-1-3-5-17/h1-7,14H,8-13,15-16H2. The van der Waals surface area contributed by atoms with Crippen molar-refractivity contribution in [1.29, 1.82) is 0 Å². The van der Waals surface area contributed by atoms with Crippen LogP contribution in [0.1, 0.15) is 5.56 Å². The highest BCUT2D eigenvalue weighted by molar-refractivity contribution is 8.00. The third-order valence-electron chi connectivity index (χ3n) is 4.85. The summed E-state index contributed by atoms with van der Waals surface area (Å²) < 4.78 is 11.1. The van der Waals surface area contributed by atoms with Gasteiger partial charge in [0, 0.05) is 37.6 Å². The lowest BCUT2D eigenvalue weighted by molar-refractivity contribution is -0.130. The zero-order chi connectivity index (χ0) is 18.5. The lowest BCUT2D eigenvalue weighted by Gasteiger charge is -2.34. The maximum Gasteiger partial charge on any atom is 0.233 e. The van der Waals surface area contributed by atoms with Crippen LogP contribution in [0.2, 0.25) is 0 Å². The van der Waals surface area contributed by atoms with Crippen molar-refractivity contribution >= 4 is 17.7 Å². The molecule has 2 aliphatic heterocycles. The maximum atomic E-state index is 12.6.